The normalized spacial score (nSPS) is 20.9. The Kier molecular flexibility index (Phi) is 7.64. The highest BCUT2D eigenvalue weighted by molar-refractivity contribution is 5.09. The van der Waals surface area contributed by atoms with Gasteiger partial charge in [-0.3, -0.25) is 14.8 Å². The van der Waals surface area contributed by atoms with Gasteiger partial charge in [-0.05, 0) is 49.9 Å². The third-order valence-electron chi connectivity index (χ3n) is 5.75. The van der Waals surface area contributed by atoms with E-state index in [-0.39, 0.29) is 6.23 Å². The van der Waals surface area contributed by atoms with Crippen molar-refractivity contribution in [1.82, 2.24) is 24.6 Å². The second-order valence-electron chi connectivity index (χ2n) is 7.97. The summed E-state index contributed by atoms with van der Waals surface area (Å²) in [6.45, 7) is 8.60. The lowest BCUT2D eigenvalue weighted by atomic mass is 10.2. The highest BCUT2D eigenvalue weighted by atomic mass is 16.5. The van der Waals surface area contributed by atoms with Crippen molar-refractivity contribution in [2.24, 2.45) is 0 Å². The molecular formula is C22H33N5O2. The molecule has 2 saturated heterocycles. The minimum atomic E-state index is 0.0855. The lowest BCUT2D eigenvalue weighted by Gasteiger charge is -2.29. The van der Waals surface area contributed by atoms with E-state index in [1.165, 1.54) is 17.7 Å². The summed E-state index contributed by atoms with van der Waals surface area (Å²) in [6, 6.07) is 6.31. The van der Waals surface area contributed by atoms with Gasteiger partial charge in [0.2, 0.25) is 0 Å². The summed E-state index contributed by atoms with van der Waals surface area (Å²) in [7, 11) is 0. The molecule has 29 heavy (non-hydrogen) atoms. The van der Waals surface area contributed by atoms with E-state index in [0.717, 1.165) is 78.4 Å². The Balaban J connectivity index is 1.38. The molecule has 2 aliphatic rings. The highest BCUT2D eigenvalue weighted by Gasteiger charge is 2.20. The number of hydrogen-bond acceptors (Lipinski definition) is 6. The van der Waals surface area contributed by atoms with Crippen LogP contribution in [-0.4, -0.2) is 70.6 Å². The summed E-state index contributed by atoms with van der Waals surface area (Å²) in [6.07, 6.45) is 10.4. The van der Waals surface area contributed by atoms with Crippen molar-refractivity contribution in [2.75, 3.05) is 46.0 Å². The molecule has 7 nitrogen and oxygen atoms in total. The van der Waals surface area contributed by atoms with Crippen molar-refractivity contribution in [3.8, 4) is 0 Å². The SMILES string of the molecule is c1cncc(CN(CCCN2CCOCC2)Cc2ccnn2C2CCCCO2)c1. The first-order chi connectivity index (χ1) is 14.4. The molecule has 0 spiro atoms. The molecule has 0 radical (unpaired) electrons. The number of hydrogen-bond donors (Lipinski definition) is 0. The Morgan fingerprint density at radius 2 is 2.00 bits per heavy atom. The third-order valence-corrected chi connectivity index (χ3v) is 5.75. The Morgan fingerprint density at radius 3 is 2.79 bits per heavy atom. The first kappa shape index (κ1) is 20.5. The van der Waals surface area contributed by atoms with E-state index in [1.807, 2.05) is 24.7 Å². The van der Waals surface area contributed by atoms with E-state index in [4.69, 9.17) is 9.47 Å². The van der Waals surface area contributed by atoms with E-state index in [2.05, 4.69) is 36.7 Å². The average molecular weight is 400 g/mol. The molecule has 0 aliphatic carbocycles. The number of rotatable bonds is 9. The zero-order chi connectivity index (χ0) is 19.7. The standard InChI is InChI=1S/C22H33N5O2/c1-2-14-29-22(6-1)27-21(7-9-24-27)19-26(18-20-5-3-8-23-17-20)11-4-10-25-12-15-28-16-13-25/h3,5,7-9,17,22H,1-2,4,6,10-16,18-19H2. The van der Waals surface area contributed by atoms with Gasteiger partial charge in [0.15, 0.2) is 6.23 Å². The van der Waals surface area contributed by atoms with Gasteiger partial charge in [0.1, 0.15) is 0 Å². The van der Waals surface area contributed by atoms with Crippen molar-refractivity contribution >= 4 is 0 Å². The van der Waals surface area contributed by atoms with Gasteiger partial charge in [0.25, 0.3) is 0 Å². The van der Waals surface area contributed by atoms with E-state index in [0.29, 0.717) is 0 Å². The average Bonchev–Trinajstić information content (AvgIpc) is 3.24. The number of nitrogens with zero attached hydrogens (tertiary/aromatic N) is 5. The van der Waals surface area contributed by atoms with Crippen LogP contribution in [0.25, 0.3) is 0 Å². The molecule has 0 amide bonds. The number of pyridine rings is 1. The van der Waals surface area contributed by atoms with E-state index in [1.54, 1.807) is 0 Å². The van der Waals surface area contributed by atoms with Crippen LogP contribution in [0.15, 0.2) is 36.8 Å². The molecule has 158 valence electrons. The molecule has 0 bridgehead atoms. The van der Waals surface area contributed by atoms with Gasteiger partial charge in [0.05, 0.1) is 18.9 Å². The molecule has 0 N–H and O–H groups in total. The van der Waals surface area contributed by atoms with Crippen LogP contribution >= 0.6 is 0 Å². The second-order valence-corrected chi connectivity index (χ2v) is 7.97. The predicted octanol–water partition coefficient (Wildman–Crippen LogP) is 2.70. The summed E-state index contributed by atoms with van der Waals surface area (Å²) >= 11 is 0. The van der Waals surface area contributed by atoms with Gasteiger partial charge in [-0.15, -0.1) is 0 Å². The molecule has 4 rings (SSSR count). The van der Waals surface area contributed by atoms with Gasteiger partial charge in [-0.2, -0.15) is 5.10 Å². The fourth-order valence-electron chi connectivity index (χ4n) is 4.18. The van der Waals surface area contributed by atoms with Crippen molar-refractivity contribution in [3.63, 3.8) is 0 Å². The van der Waals surface area contributed by atoms with Crippen molar-refractivity contribution in [2.45, 2.75) is 45.0 Å². The quantitative estimate of drug-likeness (QED) is 0.646. The van der Waals surface area contributed by atoms with Gasteiger partial charge in [0, 0.05) is 57.9 Å². The lowest BCUT2D eigenvalue weighted by molar-refractivity contribution is -0.0421. The molecular weight excluding hydrogens is 366 g/mol. The maximum atomic E-state index is 5.98. The molecule has 0 saturated carbocycles. The minimum Gasteiger partial charge on any atom is -0.379 e. The largest absolute Gasteiger partial charge is 0.379 e. The molecule has 2 fully saturated rings. The fourth-order valence-corrected chi connectivity index (χ4v) is 4.18. The smallest absolute Gasteiger partial charge is 0.150 e. The summed E-state index contributed by atoms with van der Waals surface area (Å²) < 4.78 is 13.5. The zero-order valence-electron chi connectivity index (χ0n) is 17.3. The lowest BCUT2D eigenvalue weighted by Crippen LogP contribution is -2.38. The van der Waals surface area contributed by atoms with Crippen molar-refractivity contribution in [3.05, 3.63) is 48.0 Å². The van der Waals surface area contributed by atoms with Crippen LogP contribution in [0, 0.1) is 0 Å². The Morgan fingerprint density at radius 1 is 1.07 bits per heavy atom. The Hall–Kier alpha value is -1.80. The molecule has 1 atom stereocenters. The Bertz CT molecular complexity index is 711. The summed E-state index contributed by atoms with van der Waals surface area (Å²) in [5.41, 5.74) is 2.48. The molecule has 0 aromatic carbocycles. The van der Waals surface area contributed by atoms with Crippen molar-refractivity contribution < 1.29 is 9.47 Å². The van der Waals surface area contributed by atoms with Crippen LogP contribution in [0.1, 0.15) is 43.2 Å². The maximum absolute atomic E-state index is 5.98. The van der Waals surface area contributed by atoms with E-state index in [9.17, 15) is 0 Å². The first-order valence-electron chi connectivity index (χ1n) is 10.9. The topological polar surface area (TPSA) is 55.7 Å². The molecule has 2 aliphatic heterocycles. The van der Waals surface area contributed by atoms with Gasteiger partial charge < -0.3 is 9.47 Å². The van der Waals surface area contributed by atoms with Crippen LogP contribution in [0.4, 0.5) is 0 Å². The second kappa shape index (κ2) is 10.8. The van der Waals surface area contributed by atoms with E-state index < -0.39 is 0 Å². The molecule has 4 heterocycles. The minimum absolute atomic E-state index is 0.0855. The van der Waals surface area contributed by atoms with E-state index >= 15 is 0 Å². The summed E-state index contributed by atoms with van der Waals surface area (Å²) in [4.78, 5) is 9.31. The molecule has 2 aromatic heterocycles. The third kappa shape index (κ3) is 6.09. The molecule has 7 heteroatoms. The van der Waals surface area contributed by atoms with Crippen LogP contribution in [0.5, 0.6) is 0 Å². The van der Waals surface area contributed by atoms with Crippen LogP contribution < -0.4 is 0 Å². The highest BCUT2D eigenvalue weighted by Crippen LogP contribution is 2.24. The van der Waals surface area contributed by atoms with Gasteiger partial charge in [-0.1, -0.05) is 6.07 Å². The zero-order valence-corrected chi connectivity index (χ0v) is 17.3. The number of aromatic nitrogens is 3. The fraction of sp³-hybridized carbons (Fsp3) is 0.636. The van der Waals surface area contributed by atoms with Gasteiger partial charge in [-0.25, -0.2) is 4.68 Å². The van der Waals surface area contributed by atoms with Crippen LogP contribution in [0.2, 0.25) is 0 Å². The van der Waals surface area contributed by atoms with Crippen LogP contribution in [0.3, 0.4) is 0 Å². The monoisotopic (exact) mass is 399 g/mol. The van der Waals surface area contributed by atoms with Crippen LogP contribution in [-0.2, 0) is 22.6 Å². The van der Waals surface area contributed by atoms with Gasteiger partial charge >= 0.3 is 0 Å². The number of morpholine rings is 1. The molecule has 2 aromatic rings. The van der Waals surface area contributed by atoms with Crippen molar-refractivity contribution in [1.29, 1.82) is 0 Å². The first-order valence-corrected chi connectivity index (χ1v) is 10.9. The Labute approximate surface area is 173 Å². The number of ether oxygens (including phenoxy) is 2. The maximum Gasteiger partial charge on any atom is 0.150 e. The predicted molar refractivity (Wildman–Crippen MR) is 111 cm³/mol. The summed E-state index contributed by atoms with van der Waals surface area (Å²) in [5, 5.41) is 4.58. The molecule has 1 unspecified atom stereocenters. The summed E-state index contributed by atoms with van der Waals surface area (Å²) in [5.74, 6) is 0.